The molecule has 0 bridgehead atoms. The van der Waals surface area contributed by atoms with Crippen LogP contribution in [0.5, 0.6) is 0 Å². The van der Waals surface area contributed by atoms with Gasteiger partial charge in [0.2, 0.25) is 0 Å². The molecule has 1 atom stereocenters. The van der Waals surface area contributed by atoms with Crippen molar-refractivity contribution in [3.63, 3.8) is 0 Å². The Balaban J connectivity index is 1.25. The number of hydrogen-bond acceptors (Lipinski definition) is 7. The lowest BCUT2D eigenvalue weighted by atomic mass is 10.0. The Morgan fingerprint density at radius 2 is 1.78 bits per heavy atom. The molecule has 1 saturated heterocycles. The molecule has 0 unspecified atom stereocenters. The first-order valence-electron chi connectivity index (χ1n) is 13.6. The molecule has 6 rings (SSSR count). The first kappa shape index (κ1) is 26.9. The molecule has 10 heteroatoms. The van der Waals surface area contributed by atoms with Gasteiger partial charge in [0.25, 0.3) is 5.91 Å². The fraction of sp³-hybridized carbons (Fsp3) is 0.258. The van der Waals surface area contributed by atoms with Gasteiger partial charge in [0, 0.05) is 59.8 Å². The quantitative estimate of drug-likeness (QED) is 0.260. The third-order valence-corrected chi connectivity index (χ3v) is 9.42. The highest BCUT2D eigenvalue weighted by molar-refractivity contribution is 7.91. The van der Waals surface area contributed by atoms with E-state index in [1.165, 1.54) is 0 Å². The predicted octanol–water partition coefficient (Wildman–Crippen LogP) is 4.47. The lowest BCUT2D eigenvalue weighted by Crippen LogP contribution is -2.33. The van der Waals surface area contributed by atoms with Gasteiger partial charge in [0.15, 0.2) is 15.2 Å². The Morgan fingerprint density at radius 1 is 1.00 bits per heavy atom. The molecule has 0 aliphatic carbocycles. The van der Waals surface area contributed by atoms with Gasteiger partial charge in [0.1, 0.15) is 11.8 Å². The molecule has 210 valence electrons. The van der Waals surface area contributed by atoms with Crippen LogP contribution in [0.15, 0.2) is 96.5 Å². The molecule has 0 saturated carbocycles. The summed E-state index contributed by atoms with van der Waals surface area (Å²) in [6.07, 6.45) is 6.68. The van der Waals surface area contributed by atoms with Gasteiger partial charge >= 0.3 is 0 Å². The number of nitrogens with zero attached hydrogens (tertiary/aromatic N) is 4. The minimum Gasteiger partial charge on any atom is -0.392 e. The van der Waals surface area contributed by atoms with Crippen LogP contribution < -0.4 is 5.32 Å². The summed E-state index contributed by atoms with van der Waals surface area (Å²) in [5, 5.41) is 6.65. The number of hydrogen-bond donors (Lipinski definition) is 1. The van der Waals surface area contributed by atoms with Crippen molar-refractivity contribution >= 4 is 27.1 Å². The summed E-state index contributed by atoms with van der Waals surface area (Å²) in [6, 6.07) is 22.4. The van der Waals surface area contributed by atoms with Crippen molar-refractivity contribution < 1.29 is 18.0 Å². The minimum atomic E-state index is -3.54. The van der Waals surface area contributed by atoms with E-state index >= 15 is 0 Å². The number of aromatic nitrogens is 2. The van der Waals surface area contributed by atoms with E-state index in [0.29, 0.717) is 28.2 Å². The van der Waals surface area contributed by atoms with Crippen molar-refractivity contribution in [3.8, 4) is 0 Å². The van der Waals surface area contributed by atoms with Crippen molar-refractivity contribution in [1.29, 1.82) is 0 Å². The average molecular weight is 570 g/mol. The van der Waals surface area contributed by atoms with Gasteiger partial charge < -0.3 is 19.6 Å². The second kappa shape index (κ2) is 11.3. The number of anilines is 1. The molecule has 2 aromatic carbocycles. The molecule has 2 aliphatic rings. The molecule has 0 spiro atoms. The predicted molar refractivity (Wildman–Crippen MR) is 158 cm³/mol. The van der Waals surface area contributed by atoms with Gasteiger partial charge in [-0.3, -0.25) is 9.78 Å². The summed E-state index contributed by atoms with van der Waals surface area (Å²) >= 11 is 0. The maximum Gasteiger partial charge on any atom is 0.257 e. The number of carbonyl (C=O) groups is 1. The Labute approximate surface area is 239 Å². The smallest absolute Gasteiger partial charge is 0.257 e. The zero-order valence-electron chi connectivity index (χ0n) is 22.7. The number of benzene rings is 2. The Bertz CT molecular complexity index is 1680. The Morgan fingerprint density at radius 3 is 2.54 bits per heavy atom. The fourth-order valence-electron chi connectivity index (χ4n) is 5.42. The monoisotopic (exact) mass is 569 g/mol. The Kier molecular flexibility index (Phi) is 7.42. The summed E-state index contributed by atoms with van der Waals surface area (Å²) in [5.74, 6) is -0.597. The van der Waals surface area contributed by atoms with Crippen LogP contribution in [0.4, 0.5) is 5.69 Å². The van der Waals surface area contributed by atoms with Crippen molar-refractivity contribution in [2.45, 2.75) is 30.1 Å². The van der Waals surface area contributed by atoms with E-state index in [4.69, 9.17) is 4.84 Å². The second-order valence-corrected chi connectivity index (χ2v) is 12.5. The zero-order valence-corrected chi connectivity index (χ0v) is 23.5. The standard InChI is InChI=1S/C31H31N5O4S/c1-35-16-12-26(13-17-35)40-34-29(22-7-3-2-4-8-22)23-9-5-11-25(19-23)33-30(37)27-14-18-36-28(27)21-41(38,39)31(36)24-10-6-15-32-20-24/h2-11,14-15,18-20,26,31H,12-13,16-17,21H2,1H3,(H,33,37)/t31-/m0/s1. The molecule has 0 radical (unpaired) electrons. The zero-order chi connectivity index (χ0) is 28.4. The average Bonchev–Trinajstić information content (AvgIpc) is 3.49. The maximum atomic E-state index is 13.4. The molecule has 1 fully saturated rings. The number of nitrogens with one attached hydrogen (secondary N) is 1. The molecule has 4 aromatic rings. The summed E-state index contributed by atoms with van der Waals surface area (Å²) < 4.78 is 27.8. The Hall–Kier alpha value is -4.28. The summed E-state index contributed by atoms with van der Waals surface area (Å²) in [4.78, 5) is 25.8. The van der Waals surface area contributed by atoms with Crippen molar-refractivity contribution in [1.82, 2.24) is 14.5 Å². The van der Waals surface area contributed by atoms with Crippen LogP contribution in [0.3, 0.4) is 0 Å². The molecule has 1 amide bonds. The number of amides is 1. The van der Waals surface area contributed by atoms with Crippen LogP contribution in [0, 0.1) is 0 Å². The lowest BCUT2D eigenvalue weighted by Gasteiger charge is -2.27. The van der Waals surface area contributed by atoms with E-state index in [2.05, 4.69) is 27.4 Å². The van der Waals surface area contributed by atoms with Crippen LogP contribution in [-0.2, 0) is 20.4 Å². The third-order valence-electron chi connectivity index (χ3n) is 7.57. The number of rotatable bonds is 7. The van der Waals surface area contributed by atoms with Gasteiger partial charge in [-0.25, -0.2) is 8.42 Å². The van der Waals surface area contributed by atoms with Crippen LogP contribution in [0.1, 0.15) is 51.0 Å². The second-order valence-electron chi connectivity index (χ2n) is 10.5. The highest BCUT2D eigenvalue weighted by Crippen LogP contribution is 2.37. The van der Waals surface area contributed by atoms with Gasteiger partial charge in [-0.05, 0) is 44.2 Å². The normalized spacial score (nSPS) is 19.0. The number of carbonyl (C=O) groups excluding carboxylic acids is 1. The topological polar surface area (TPSA) is 106 Å². The van der Waals surface area contributed by atoms with E-state index in [0.717, 1.165) is 37.1 Å². The van der Waals surface area contributed by atoms with E-state index in [9.17, 15) is 13.2 Å². The highest BCUT2D eigenvalue weighted by atomic mass is 32.2. The number of piperidine rings is 1. The van der Waals surface area contributed by atoms with E-state index in [1.54, 1.807) is 47.4 Å². The molecule has 9 nitrogen and oxygen atoms in total. The van der Waals surface area contributed by atoms with Crippen LogP contribution >= 0.6 is 0 Å². The first-order valence-corrected chi connectivity index (χ1v) is 15.3. The van der Waals surface area contributed by atoms with E-state index < -0.39 is 15.2 Å². The number of pyridine rings is 1. The molecule has 1 N–H and O–H groups in total. The molecule has 41 heavy (non-hydrogen) atoms. The number of fused-ring (bicyclic) bond motifs is 1. The van der Waals surface area contributed by atoms with Gasteiger partial charge in [0.05, 0.1) is 11.3 Å². The minimum absolute atomic E-state index is 0.0523. The van der Waals surface area contributed by atoms with Crippen LogP contribution in [0.25, 0.3) is 0 Å². The third kappa shape index (κ3) is 5.66. The van der Waals surface area contributed by atoms with Gasteiger partial charge in [-0.1, -0.05) is 53.7 Å². The van der Waals surface area contributed by atoms with Crippen molar-refractivity contribution in [2.75, 3.05) is 25.5 Å². The number of likely N-dealkylation sites (tertiary alicyclic amines) is 1. The maximum absolute atomic E-state index is 13.4. The fourth-order valence-corrected chi connectivity index (χ4v) is 7.36. The highest BCUT2D eigenvalue weighted by Gasteiger charge is 2.40. The first-order chi connectivity index (χ1) is 19.9. The molecular weight excluding hydrogens is 538 g/mol. The molecular formula is C31H31N5O4S. The summed E-state index contributed by atoms with van der Waals surface area (Å²) in [5.41, 5.74) is 4.30. The SMILES string of the molecule is CN1CCC(ON=C(c2ccccc2)c2cccc(NC(=O)c3ccn4c3CS(=O)(=O)[C@H]4c3cccnc3)c2)CC1. The van der Waals surface area contributed by atoms with Gasteiger partial charge in [-0.2, -0.15) is 0 Å². The van der Waals surface area contributed by atoms with Crippen molar-refractivity contribution in [3.05, 3.63) is 119 Å². The number of oxime groups is 1. The van der Waals surface area contributed by atoms with Gasteiger partial charge in [-0.15, -0.1) is 0 Å². The van der Waals surface area contributed by atoms with Crippen LogP contribution in [0.2, 0.25) is 0 Å². The van der Waals surface area contributed by atoms with E-state index in [1.807, 2.05) is 48.5 Å². The van der Waals surface area contributed by atoms with Crippen LogP contribution in [-0.4, -0.2) is 60.7 Å². The van der Waals surface area contributed by atoms with E-state index in [-0.39, 0.29) is 17.8 Å². The molecule has 2 aliphatic heterocycles. The molecule has 4 heterocycles. The summed E-state index contributed by atoms with van der Waals surface area (Å²) in [7, 11) is -1.44. The van der Waals surface area contributed by atoms with Crippen molar-refractivity contribution in [2.24, 2.45) is 5.16 Å². The molecule has 2 aromatic heterocycles. The summed E-state index contributed by atoms with van der Waals surface area (Å²) in [6.45, 7) is 1.94. The lowest BCUT2D eigenvalue weighted by molar-refractivity contribution is 0.0163. The number of sulfone groups is 1. The largest absolute Gasteiger partial charge is 0.392 e.